The van der Waals surface area contributed by atoms with Crippen LogP contribution in [0.1, 0.15) is 12.8 Å². The largest absolute Gasteiger partial charge is 0.335 e. The third-order valence-corrected chi connectivity index (χ3v) is 4.00. The lowest BCUT2D eigenvalue weighted by molar-refractivity contribution is -0.117. The molecule has 2 heterocycles. The maximum atomic E-state index is 11.7. The molecule has 2 N–H and O–H groups in total. The van der Waals surface area contributed by atoms with E-state index in [0.29, 0.717) is 10.7 Å². The van der Waals surface area contributed by atoms with Gasteiger partial charge in [-0.2, -0.15) is 5.10 Å². The van der Waals surface area contributed by atoms with E-state index in [4.69, 9.17) is 0 Å². The third-order valence-electron chi connectivity index (χ3n) is 3.00. The summed E-state index contributed by atoms with van der Waals surface area (Å²) in [6.07, 6.45) is 5.06. The van der Waals surface area contributed by atoms with Crippen LogP contribution in [-0.2, 0) is 11.8 Å². The Hall–Kier alpha value is -2.16. The summed E-state index contributed by atoms with van der Waals surface area (Å²) in [6.45, 7) is 0. The van der Waals surface area contributed by atoms with Gasteiger partial charge in [0.1, 0.15) is 11.4 Å². The van der Waals surface area contributed by atoms with Crippen molar-refractivity contribution in [3.63, 3.8) is 0 Å². The number of aryl methyl sites for hydroxylation is 1. The fourth-order valence-corrected chi connectivity index (χ4v) is 2.56. The number of aromatic nitrogens is 4. The van der Waals surface area contributed by atoms with Gasteiger partial charge in [-0.25, -0.2) is 14.8 Å². The molecule has 8 nitrogen and oxygen atoms in total. The first-order valence-electron chi connectivity index (χ1n) is 6.49. The predicted octanol–water partition coefficient (Wildman–Crippen LogP) is 0.444. The number of nitrogens with zero attached hydrogens (tertiary/aromatic N) is 4. The van der Waals surface area contributed by atoms with Gasteiger partial charge in [0.25, 0.3) is 0 Å². The van der Waals surface area contributed by atoms with Gasteiger partial charge in [0, 0.05) is 13.1 Å². The number of hydrogen-bond acceptors (Lipinski definition) is 6. The normalized spacial score (nSPS) is 14.1. The lowest BCUT2D eigenvalue weighted by Gasteiger charge is -2.05. The van der Waals surface area contributed by atoms with Gasteiger partial charge in [-0.3, -0.25) is 14.8 Å². The van der Waals surface area contributed by atoms with Crippen molar-refractivity contribution in [1.82, 2.24) is 30.4 Å². The molecule has 110 valence electrons. The minimum Gasteiger partial charge on any atom is -0.335 e. The third kappa shape index (κ3) is 3.30. The summed E-state index contributed by atoms with van der Waals surface area (Å²) in [5.74, 6) is -0.243. The zero-order valence-electron chi connectivity index (χ0n) is 11.4. The first kappa shape index (κ1) is 13.8. The molecule has 0 aromatic carbocycles. The van der Waals surface area contributed by atoms with E-state index >= 15 is 0 Å². The summed E-state index contributed by atoms with van der Waals surface area (Å²) in [7, 11) is 1.79. The van der Waals surface area contributed by atoms with Crippen molar-refractivity contribution in [2.75, 3.05) is 5.75 Å². The van der Waals surface area contributed by atoms with E-state index < -0.39 is 6.03 Å². The van der Waals surface area contributed by atoms with Crippen LogP contribution in [0.2, 0.25) is 0 Å². The highest BCUT2D eigenvalue weighted by Gasteiger charge is 2.23. The molecule has 0 spiro atoms. The van der Waals surface area contributed by atoms with Crippen molar-refractivity contribution in [2.45, 2.75) is 23.9 Å². The molecule has 1 fully saturated rings. The highest BCUT2D eigenvalue weighted by Crippen LogP contribution is 2.23. The quantitative estimate of drug-likeness (QED) is 0.628. The zero-order chi connectivity index (χ0) is 14.8. The molecule has 1 aliphatic carbocycles. The summed E-state index contributed by atoms with van der Waals surface area (Å²) < 4.78 is 1.64. The maximum Gasteiger partial charge on any atom is 0.321 e. The van der Waals surface area contributed by atoms with E-state index in [1.807, 2.05) is 0 Å². The van der Waals surface area contributed by atoms with E-state index in [-0.39, 0.29) is 17.7 Å². The highest BCUT2D eigenvalue weighted by molar-refractivity contribution is 8.00. The van der Waals surface area contributed by atoms with Crippen LogP contribution in [0.25, 0.3) is 11.0 Å². The van der Waals surface area contributed by atoms with Crippen molar-refractivity contribution in [3.05, 3.63) is 12.5 Å². The monoisotopic (exact) mass is 306 g/mol. The number of urea groups is 1. The molecule has 3 amide bonds. The van der Waals surface area contributed by atoms with Gasteiger partial charge in [0.05, 0.1) is 17.3 Å². The van der Waals surface area contributed by atoms with Crippen LogP contribution in [-0.4, -0.2) is 43.5 Å². The van der Waals surface area contributed by atoms with Crippen molar-refractivity contribution >= 4 is 34.7 Å². The number of amides is 3. The Bertz CT molecular complexity index is 696. The topological polar surface area (TPSA) is 102 Å². The molecule has 1 aliphatic rings. The zero-order valence-corrected chi connectivity index (χ0v) is 12.2. The predicted molar refractivity (Wildman–Crippen MR) is 76.7 cm³/mol. The second kappa shape index (κ2) is 5.68. The number of imide groups is 1. The average molecular weight is 306 g/mol. The molecule has 0 aliphatic heterocycles. The van der Waals surface area contributed by atoms with Gasteiger partial charge < -0.3 is 5.32 Å². The molecule has 2 aromatic rings. The fourth-order valence-electron chi connectivity index (χ4n) is 1.80. The van der Waals surface area contributed by atoms with Gasteiger partial charge in [-0.05, 0) is 12.8 Å². The Labute approximate surface area is 124 Å². The summed E-state index contributed by atoms with van der Waals surface area (Å²) >= 11 is 1.25. The summed E-state index contributed by atoms with van der Waals surface area (Å²) in [4.78, 5) is 31.4. The first-order valence-corrected chi connectivity index (χ1v) is 7.48. The van der Waals surface area contributed by atoms with E-state index in [0.717, 1.165) is 18.2 Å². The number of hydrogen-bond donors (Lipinski definition) is 2. The second-order valence-electron chi connectivity index (χ2n) is 4.77. The summed E-state index contributed by atoms with van der Waals surface area (Å²) in [6, 6.07) is -0.209. The molecule has 0 unspecified atom stereocenters. The van der Waals surface area contributed by atoms with Crippen LogP contribution < -0.4 is 10.6 Å². The lowest BCUT2D eigenvalue weighted by Crippen LogP contribution is -2.41. The highest BCUT2D eigenvalue weighted by atomic mass is 32.2. The molecular formula is C12H14N6O2S. The standard InChI is InChI=1S/C12H14N6O2S/c1-18-10-8(4-15-18)11(14-6-13-10)21-5-9(19)17-12(20)16-7-2-3-7/h4,6-7H,2-3,5H2,1H3,(H2,16,17,19,20). The molecule has 9 heteroatoms. The van der Waals surface area contributed by atoms with Crippen LogP contribution in [0.5, 0.6) is 0 Å². The van der Waals surface area contributed by atoms with Crippen molar-refractivity contribution in [2.24, 2.45) is 7.05 Å². The maximum absolute atomic E-state index is 11.7. The molecule has 2 aromatic heterocycles. The van der Waals surface area contributed by atoms with Crippen molar-refractivity contribution in [3.8, 4) is 0 Å². The van der Waals surface area contributed by atoms with E-state index in [9.17, 15) is 9.59 Å². The molecule has 21 heavy (non-hydrogen) atoms. The van der Waals surface area contributed by atoms with Crippen LogP contribution in [0, 0.1) is 0 Å². The minimum absolute atomic E-state index is 0.110. The fraction of sp³-hybridized carbons (Fsp3) is 0.417. The number of nitrogens with one attached hydrogen (secondary N) is 2. The molecule has 1 saturated carbocycles. The molecule has 0 saturated heterocycles. The number of thioether (sulfide) groups is 1. The van der Waals surface area contributed by atoms with E-state index in [1.165, 1.54) is 18.1 Å². The lowest BCUT2D eigenvalue weighted by atomic mass is 10.4. The first-order chi connectivity index (χ1) is 10.1. The summed E-state index contributed by atoms with van der Waals surface area (Å²) in [5.41, 5.74) is 0.708. The smallest absolute Gasteiger partial charge is 0.321 e. The van der Waals surface area contributed by atoms with Gasteiger partial charge in [0.2, 0.25) is 5.91 Å². The Kier molecular flexibility index (Phi) is 3.74. The molecule has 0 atom stereocenters. The molecular weight excluding hydrogens is 292 g/mol. The minimum atomic E-state index is -0.433. The van der Waals surface area contributed by atoms with Gasteiger partial charge in [-0.1, -0.05) is 11.8 Å². The molecule has 0 radical (unpaired) electrons. The van der Waals surface area contributed by atoms with Crippen LogP contribution >= 0.6 is 11.8 Å². The van der Waals surface area contributed by atoms with Crippen LogP contribution in [0.3, 0.4) is 0 Å². The SMILES string of the molecule is Cn1ncc2c(SCC(=O)NC(=O)NC3CC3)ncnc21. The van der Waals surface area contributed by atoms with Gasteiger partial charge in [-0.15, -0.1) is 0 Å². The van der Waals surface area contributed by atoms with Gasteiger partial charge >= 0.3 is 6.03 Å². The summed E-state index contributed by atoms with van der Waals surface area (Å²) in [5, 5.41) is 10.6. The Morgan fingerprint density at radius 1 is 1.43 bits per heavy atom. The molecule has 0 bridgehead atoms. The van der Waals surface area contributed by atoms with Gasteiger partial charge in [0.15, 0.2) is 5.65 Å². The second-order valence-corrected chi connectivity index (χ2v) is 5.73. The van der Waals surface area contributed by atoms with Crippen molar-refractivity contribution < 1.29 is 9.59 Å². The average Bonchev–Trinajstić information content (AvgIpc) is 3.18. The number of carbonyl (C=O) groups excluding carboxylic acids is 2. The van der Waals surface area contributed by atoms with Crippen molar-refractivity contribution in [1.29, 1.82) is 0 Å². The van der Waals surface area contributed by atoms with Crippen LogP contribution in [0.15, 0.2) is 17.6 Å². The Balaban J connectivity index is 1.58. The Morgan fingerprint density at radius 3 is 3.00 bits per heavy atom. The van der Waals surface area contributed by atoms with Crippen LogP contribution in [0.4, 0.5) is 4.79 Å². The number of fused-ring (bicyclic) bond motifs is 1. The number of carbonyl (C=O) groups is 2. The number of rotatable bonds is 4. The van der Waals surface area contributed by atoms with E-state index in [2.05, 4.69) is 25.7 Å². The molecule has 3 rings (SSSR count). The Morgan fingerprint density at radius 2 is 2.24 bits per heavy atom. The van der Waals surface area contributed by atoms with E-state index in [1.54, 1.807) is 17.9 Å².